The zero-order chi connectivity index (χ0) is 11.1. The van der Waals surface area contributed by atoms with Gasteiger partial charge in [0.25, 0.3) is 0 Å². The van der Waals surface area contributed by atoms with Gasteiger partial charge in [-0.3, -0.25) is 0 Å². The van der Waals surface area contributed by atoms with Gasteiger partial charge in [-0.05, 0) is 26.8 Å². The van der Waals surface area contributed by atoms with Crippen molar-refractivity contribution in [2.75, 3.05) is 19.8 Å². The number of thiazole rings is 1. The fourth-order valence-electron chi connectivity index (χ4n) is 1.39. The van der Waals surface area contributed by atoms with Crippen LogP contribution in [0.1, 0.15) is 32.2 Å². The third kappa shape index (κ3) is 3.55. The molecule has 1 aromatic rings. The molecule has 86 valence electrons. The summed E-state index contributed by atoms with van der Waals surface area (Å²) in [6.07, 6.45) is 2.96. The van der Waals surface area contributed by atoms with E-state index in [4.69, 9.17) is 4.74 Å². The minimum Gasteiger partial charge on any atom is -0.379 e. The Morgan fingerprint density at radius 2 is 2.33 bits per heavy atom. The molecule has 0 saturated carbocycles. The molecule has 1 rings (SSSR count). The zero-order valence-corrected chi connectivity index (χ0v) is 10.6. The van der Waals surface area contributed by atoms with Crippen molar-refractivity contribution < 1.29 is 4.74 Å². The summed E-state index contributed by atoms with van der Waals surface area (Å²) in [6, 6.07) is 0. The minimum absolute atomic E-state index is 0.139. The first-order chi connectivity index (χ1) is 7.23. The van der Waals surface area contributed by atoms with Crippen LogP contribution in [0, 0.1) is 0 Å². The summed E-state index contributed by atoms with van der Waals surface area (Å²) in [6.45, 7) is 8.74. The van der Waals surface area contributed by atoms with Gasteiger partial charge in [0.15, 0.2) is 0 Å². The highest BCUT2D eigenvalue weighted by Crippen LogP contribution is 2.23. The second-order valence-electron chi connectivity index (χ2n) is 3.73. The number of nitrogens with one attached hydrogen (secondary N) is 1. The molecule has 3 nitrogen and oxygen atoms in total. The summed E-state index contributed by atoms with van der Waals surface area (Å²) in [5.74, 6) is 0. The van der Waals surface area contributed by atoms with Gasteiger partial charge in [0.2, 0.25) is 0 Å². The van der Waals surface area contributed by atoms with Crippen LogP contribution < -0.4 is 5.32 Å². The first kappa shape index (κ1) is 12.6. The summed E-state index contributed by atoms with van der Waals surface area (Å²) in [4.78, 5) is 4.37. The molecule has 4 heteroatoms. The number of hydrogen-bond donors (Lipinski definition) is 1. The average Bonchev–Trinajstić information content (AvgIpc) is 2.77. The van der Waals surface area contributed by atoms with Crippen LogP contribution in [0.25, 0.3) is 0 Å². The van der Waals surface area contributed by atoms with Crippen molar-refractivity contribution in [3.8, 4) is 0 Å². The monoisotopic (exact) mass is 228 g/mol. The van der Waals surface area contributed by atoms with Gasteiger partial charge in [-0.25, -0.2) is 4.98 Å². The van der Waals surface area contributed by atoms with E-state index >= 15 is 0 Å². The van der Waals surface area contributed by atoms with E-state index in [-0.39, 0.29) is 5.54 Å². The van der Waals surface area contributed by atoms with Crippen molar-refractivity contribution in [3.05, 3.63) is 16.6 Å². The maximum Gasteiger partial charge on any atom is 0.115 e. The molecule has 0 spiro atoms. The molecular formula is C11H20N2OS. The van der Waals surface area contributed by atoms with Crippen molar-refractivity contribution in [1.29, 1.82) is 0 Å². The van der Waals surface area contributed by atoms with E-state index in [9.17, 15) is 0 Å². The van der Waals surface area contributed by atoms with E-state index in [1.807, 2.05) is 18.5 Å². The zero-order valence-electron chi connectivity index (χ0n) is 9.75. The first-order valence-corrected chi connectivity index (χ1v) is 6.33. The van der Waals surface area contributed by atoms with Crippen LogP contribution in [0.15, 0.2) is 11.6 Å². The Labute approximate surface area is 95.9 Å². The molecule has 0 aromatic carbocycles. The van der Waals surface area contributed by atoms with E-state index in [1.165, 1.54) is 0 Å². The topological polar surface area (TPSA) is 34.1 Å². The maximum absolute atomic E-state index is 5.52. The van der Waals surface area contributed by atoms with E-state index < -0.39 is 0 Å². The fraction of sp³-hybridized carbons (Fsp3) is 0.727. The summed E-state index contributed by atoms with van der Waals surface area (Å²) >= 11 is 1.68. The van der Waals surface area contributed by atoms with Gasteiger partial charge in [0.1, 0.15) is 5.01 Å². The van der Waals surface area contributed by atoms with Crippen LogP contribution in [-0.2, 0) is 10.3 Å². The lowest BCUT2D eigenvalue weighted by molar-refractivity contribution is 0.0832. The molecule has 1 heterocycles. The standard InChI is InChI=1S/C11H20N2OS/c1-4-6-13-11(3,9-14-5-2)10-12-7-8-15-10/h7-8,13H,4-6,9H2,1-3H3. The smallest absolute Gasteiger partial charge is 0.115 e. The number of aromatic nitrogens is 1. The number of ether oxygens (including phenoxy) is 1. The summed E-state index contributed by atoms with van der Waals surface area (Å²) in [5.41, 5.74) is -0.139. The Bertz CT molecular complexity index is 254. The highest BCUT2D eigenvalue weighted by atomic mass is 32.1. The lowest BCUT2D eigenvalue weighted by Crippen LogP contribution is -2.44. The second-order valence-corrected chi connectivity index (χ2v) is 4.63. The highest BCUT2D eigenvalue weighted by molar-refractivity contribution is 7.09. The van der Waals surface area contributed by atoms with Gasteiger partial charge in [0.05, 0.1) is 12.1 Å². The summed E-state index contributed by atoms with van der Waals surface area (Å²) in [7, 11) is 0. The molecule has 0 aliphatic carbocycles. The van der Waals surface area contributed by atoms with Gasteiger partial charge in [-0.2, -0.15) is 0 Å². The minimum atomic E-state index is -0.139. The highest BCUT2D eigenvalue weighted by Gasteiger charge is 2.28. The molecule has 0 bridgehead atoms. The molecule has 0 fully saturated rings. The SMILES string of the molecule is CCCNC(C)(COCC)c1nccs1. The molecule has 1 aromatic heterocycles. The predicted molar refractivity (Wildman–Crippen MR) is 64.3 cm³/mol. The number of rotatable bonds is 7. The Hall–Kier alpha value is -0.450. The molecule has 1 unspecified atom stereocenters. The Morgan fingerprint density at radius 3 is 2.87 bits per heavy atom. The largest absolute Gasteiger partial charge is 0.379 e. The van der Waals surface area contributed by atoms with Crippen LogP contribution in [0.5, 0.6) is 0 Å². The molecule has 1 N–H and O–H groups in total. The maximum atomic E-state index is 5.52. The normalized spacial score (nSPS) is 15.1. The predicted octanol–water partition coefficient (Wildman–Crippen LogP) is 2.39. The molecule has 0 aliphatic rings. The fourth-order valence-corrected chi connectivity index (χ4v) is 2.15. The number of hydrogen-bond acceptors (Lipinski definition) is 4. The Morgan fingerprint density at radius 1 is 1.53 bits per heavy atom. The lowest BCUT2D eigenvalue weighted by atomic mass is 10.1. The van der Waals surface area contributed by atoms with Crippen LogP contribution in [-0.4, -0.2) is 24.7 Å². The van der Waals surface area contributed by atoms with Crippen LogP contribution in [0.2, 0.25) is 0 Å². The van der Waals surface area contributed by atoms with Crippen LogP contribution >= 0.6 is 11.3 Å². The van der Waals surface area contributed by atoms with Crippen molar-refractivity contribution in [2.45, 2.75) is 32.7 Å². The third-order valence-corrected chi connectivity index (χ3v) is 3.30. The van der Waals surface area contributed by atoms with Crippen LogP contribution in [0.3, 0.4) is 0 Å². The molecular weight excluding hydrogens is 208 g/mol. The average molecular weight is 228 g/mol. The van der Waals surface area contributed by atoms with Gasteiger partial charge >= 0.3 is 0 Å². The van der Waals surface area contributed by atoms with Crippen LogP contribution in [0.4, 0.5) is 0 Å². The quantitative estimate of drug-likeness (QED) is 0.778. The van der Waals surface area contributed by atoms with Gasteiger partial charge in [-0.15, -0.1) is 11.3 Å². The van der Waals surface area contributed by atoms with Crippen molar-refractivity contribution in [2.24, 2.45) is 0 Å². The Kier molecular flexibility index (Phi) is 5.22. The lowest BCUT2D eigenvalue weighted by Gasteiger charge is -2.28. The molecule has 15 heavy (non-hydrogen) atoms. The van der Waals surface area contributed by atoms with Gasteiger partial charge in [-0.1, -0.05) is 6.92 Å². The number of nitrogens with zero attached hydrogens (tertiary/aromatic N) is 1. The summed E-state index contributed by atoms with van der Waals surface area (Å²) < 4.78 is 5.52. The molecule has 0 amide bonds. The van der Waals surface area contributed by atoms with Crippen molar-refractivity contribution in [3.63, 3.8) is 0 Å². The first-order valence-electron chi connectivity index (χ1n) is 5.45. The second kappa shape index (κ2) is 6.20. The summed E-state index contributed by atoms with van der Waals surface area (Å²) in [5, 5.41) is 6.61. The van der Waals surface area contributed by atoms with Gasteiger partial charge < -0.3 is 10.1 Å². The van der Waals surface area contributed by atoms with Gasteiger partial charge in [0, 0.05) is 18.2 Å². The van der Waals surface area contributed by atoms with Crippen molar-refractivity contribution in [1.82, 2.24) is 10.3 Å². The Balaban J connectivity index is 2.67. The molecule has 0 aliphatic heterocycles. The van der Waals surface area contributed by atoms with Crippen molar-refractivity contribution >= 4 is 11.3 Å². The molecule has 1 atom stereocenters. The van der Waals surface area contributed by atoms with E-state index in [0.29, 0.717) is 6.61 Å². The van der Waals surface area contributed by atoms with E-state index in [2.05, 4.69) is 24.1 Å². The van der Waals surface area contributed by atoms with E-state index in [1.54, 1.807) is 11.3 Å². The molecule has 0 saturated heterocycles. The van der Waals surface area contributed by atoms with E-state index in [0.717, 1.165) is 24.6 Å². The third-order valence-electron chi connectivity index (χ3n) is 2.26. The molecule has 0 radical (unpaired) electrons.